The molecule has 1 rings (SSSR count). The van der Waals surface area contributed by atoms with Crippen LogP contribution in [0.3, 0.4) is 0 Å². The molecular weight excluding hydrogens is 226 g/mol. The van der Waals surface area contributed by atoms with E-state index in [0.717, 1.165) is 0 Å². The topological polar surface area (TPSA) is 58.8 Å². The molecule has 1 aliphatic rings. The van der Waals surface area contributed by atoms with Gasteiger partial charge < -0.3 is 15.4 Å². The first kappa shape index (κ1) is 13.3. The third-order valence-corrected chi connectivity index (χ3v) is 3.16. The SMILES string of the molecule is CC(C(N)=S)N(C)CC(=O)N1CCOCC1. The minimum atomic E-state index is -0.0556. The number of nitrogens with zero attached hydrogens (tertiary/aromatic N) is 2. The number of amides is 1. The minimum absolute atomic E-state index is 0.0556. The van der Waals surface area contributed by atoms with Gasteiger partial charge in [0.2, 0.25) is 5.91 Å². The fourth-order valence-electron chi connectivity index (χ4n) is 1.48. The average Bonchev–Trinajstić information content (AvgIpc) is 2.28. The molecule has 0 aromatic rings. The van der Waals surface area contributed by atoms with Crippen LogP contribution in [-0.4, -0.2) is 66.6 Å². The largest absolute Gasteiger partial charge is 0.392 e. The van der Waals surface area contributed by atoms with Gasteiger partial charge in [-0.25, -0.2) is 0 Å². The Hall–Kier alpha value is -0.720. The molecule has 0 bridgehead atoms. The van der Waals surface area contributed by atoms with Gasteiger partial charge in [0.25, 0.3) is 0 Å². The predicted molar refractivity (Wildman–Crippen MR) is 66.3 cm³/mol. The van der Waals surface area contributed by atoms with Gasteiger partial charge in [0, 0.05) is 13.1 Å². The Morgan fingerprint density at radius 3 is 2.62 bits per heavy atom. The normalized spacial score (nSPS) is 18.6. The fourth-order valence-corrected chi connectivity index (χ4v) is 1.66. The molecule has 2 N–H and O–H groups in total. The van der Waals surface area contributed by atoms with Gasteiger partial charge in [0.1, 0.15) is 0 Å². The highest BCUT2D eigenvalue weighted by Crippen LogP contribution is 2.01. The molecule has 1 heterocycles. The number of hydrogen-bond donors (Lipinski definition) is 1. The van der Waals surface area contributed by atoms with Crippen molar-refractivity contribution in [3.63, 3.8) is 0 Å². The number of hydrogen-bond acceptors (Lipinski definition) is 4. The van der Waals surface area contributed by atoms with E-state index in [1.165, 1.54) is 0 Å². The van der Waals surface area contributed by atoms with Gasteiger partial charge in [0.05, 0.1) is 30.8 Å². The number of nitrogens with two attached hydrogens (primary N) is 1. The highest BCUT2D eigenvalue weighted by atomic mass is 32.1. The number of likely N-dealkylation sites (N-methyl/N-ethyl adjacent to an activating group) is 1. The van der Waals surface area contributed by atoms with E-state index in [0.29, 0.717) is 37.8 Å². The van der Waals surface area contributed by atoms with Crippen LogP contribution in [0.2, 0.25) is 0 Å². The number of rotatable bonds is 4. The molecule has 6 heteroatoms. The second kappa shape index (κ2) is 6.12. The van der Waals surface area contributed by atoms with Gasteiger partial charge in [-0.15, -0.1) is 0 Å². The molecule has 92 valence electrons. The molecule has 0 spiro atoms. The third kappa shape index (κ3) is 3.70. The van der Waals surface area contributed by atoms with Crippen LogP contribution in [0.1, 0.15) is 6.92 Å². The number of carbonyl (C=O) groups is 1. The van der Waals surface area contributed by atoms with Crippen molar-refractivity contribution in [2.45, 2.75) is 13.0 Å². The van der Waals surface area contributed by atoms with Crippen molar-refractivity contribution in [3.8, 4) is 0 Å². The zero-order valence-corrected chi connectivity index (χ0v) is 10.6. The van der Waals surface area contributed by atoms with Gasteiger partial charge in [-0.3, -0.25) is 9.69 Å². The number of morpholine rings is 1. The smallest absolute Gasteiger partial charge is 0.236 e. The molecule has 1 unspecified atom stereocenters. The zero-order valence-electron chi connectivity index (χ0n) is 9.81. The van der Waals surface area contributed by atoms with Crippen LogP contribution < -0.4 is 5.73 Å². The van der Waals surface area contributed by atoms with E-state index in [4.69, 9.17) is 22.7 Å². The first-order valence-electron chi connectivity index (χ1n) is 5.37. The first-order chi connectivity index (χ1) is 7.52. The van der Waals surface area contributed by atoms with E-state index in [1.807, 2.05) is 23.8 Å². The molecule has 1 saturated heterocycles. The van der Waals surface area contributed by atoms with Crippen molar-refractivity contribution in [1.82, 2.24) is 9.80 Å². The Balaban J connectivity index is 2.40. The van der Waals surface area contributed by atoms with Crippen LogP contribution in [0.25, 0.3) is 0 Å². The lowest BCUT2D eigenvalue weighted by Gasteiger charge is -2.30. The molecule has 1 aliphatic heterocycles. The summed E-state index contributed by atoms with van der Waals surface area (Å²) in [6.07, 6.45) is 0. The van der Waals surface area contributed by atoms with E-state index in [1.54, 1.807) is 0 Å². The lowest BCUT2D eigenvalue weighted by Crippen LogP contribution is -2.48. The van der Waals surface area contributed by atoms with Gasteiger partial charge in [0.15, 0.2) is 0 Å². The molecule has 0 aliphatic carbocycles. The Bertz CT molecular complexity index is 267. The quantitative estimate of drug-likeness (QED) is 0.674. The summed E-state index contributed by atoms with van der Waals surface area (Å²) in [6, 6.07) is -0.0556. The summed E-state index contributed by atoms with van der Waals surface area (Å²) in [5.41, 5.74) is 5.54. The monoisotopic (exact) mass is 245 g/mol. The molecule has 0 radical (unpaired) electrons. The molecule has 1 atom stereocenters. The maximum absolute atomic E-state index is 11.9. The van der Waals surface area contributed by atoms with E-state index in [2.05, 4.69) is 0 Å². The van der Waals surface area contributed by atoms with Crippen molar-refractivity contribution in [2.24, 2.45) is 5.73 Å². The van der Waals surface area contributed by atoms with E-state index in [9.17, 15) is 4.79 Å². The molecule has 1 fully saturated rings. The van der Waals surface area contributed by atoms with Crippen molar-refractivity contribution in [2.75, 3.05) is 39.9 Å². The minimum Gasteiger partial charge on any atom is -0.392 e. The molecular formula is C10H19N3O2S. The number of thiocarbonyl (C=S) groups is 1. The van der Waals surface area contributed by atoms with Crippen molar-refractivity contribution < 1.29 is 9.53 Å². The summed E-state index contributed by atoms with van der Waals surface area (Å²) < 4.78 is 5.19. The van der Waals surface area contributed by atoms with Crippen LogP contribution in [0.4, 0.5) is 0 Å². The van der Waals surface area contributed by atoms with Crippen LogP contribution in [-0.2, 0) is 9.53 Å². The first-order valence-corrected chi connectivity index (χ1v) is 5.78. The highest BCUT2D eigenvalue weighted by Gasteiger charge is 2.20. The summed E-state index contributed by atoms with van der Waals surface area (Å²) >= 11 is 4.89. The standard InChI is InChI=1S/C10H19N3O2S/c1-8(10(11)16)12(2)7-9(14)13-3-5-15-6-4-13/h8H,3-7H2,1-2H3,(H2,11,16). The molecule has 1 amide bonds. The van der Waals surface area contributed by atoms with Gasteiger partial charge >= 0.3 is 0 Å². The highest BCUT2D eigenvalue weighted by molar-refractivity contribution is 7.80. The molecule has 5 nitrogen and oxygen atoms in total. The molecule has 16 heavy (non-hydrogen) atoms. The van der Waals surface area contributed by atoms with Crippen LogP contribution in [0.5, 0.6) is 0 Å². The Morgan fingerprint density at radius 1 is 1.56 bits per heavy atom. The summed E-state index contributed by atoms with van der Waals surface area (Å²) in [5, 5.41) is 0. The average molecular weight is 245 g/mol. The van der Waals surface area contributed by atoms with Crippen LogP contribution in [0, 0.1) is 0 Å². The summed E-state index contributed by atoms with van der Waals surface area (Å²) in [5.74, 6) is 0.105. The maximum Gasteiger partial charge on any atom is 0.236 e. The second-order valence-corrected chi connectivity index (χ2v) is 4.46. The van der Waals surface area contributed by atoms with Gasteiger partial charge in [-0.05, 0) is 14.0 Å². The fraction of sp³-hybridized carbons (Fsp3) is 0.800. The van der Waals surface area contributed by atoms with E-state index < -0.39 is 0 Å². The Morgan fingerprint density at radius 2 is 2.12 bits per heavy atom. The van der Waals surface area contributed by atoms with Gasteiger partial charge in [-0.2, -0.15) is 0 Å². The Kier molecular flexibility index (Phi) is 5.11. The second-order valence-electron chi connectivity index (χ2n) is 3.99. The van der Waals surface area contributed by atoms with Crippen molar-refractivity contribution in [3.05, 3.63) is 0 Å². The lowest BCUT2D eigenvalue weighted by molar-refractivity contribution is -0.136. The summed E-state index contributed by atoms with van der Waals surface area (Å²) in [4.78, 5) is 16.0. The maximum atomic E-state index is 11.9. The third-order valence-electron chi connectivity index (χ3n) is 2.82. The van der Waals surface area contributed by atoms with E-state index in [-0.39, 0.29) is 11.9 Å². The van der Waals surface area contributed by atoms with Crippen LogP contribution >= 0.6 is 12.2 Å². The summed E-state index contributed by atoms with van der Waals surface area (Å²) in [7, 11) is 1.85. The predicted octanol–water partition coefficient (Wildman–Crippen LogP) is -0.548. The van der Waals surface area contributed by atoms with Crippen molar-refractivity contribution in [1.29, 1.82) is 0 Å². The summed E-state index contributed by atoms with van der Waals surface area (Å²) in [6.45, 7) is 4.84. The van der Waals surface area contributed by atoms with E-state index >= 15 is 0 Å². The molecule has 0 aromatic carbocycles. The van der Waals surface area contributed by atoms with Gasteiger partial charge in [-0.1, -0.05) is 12.2 Å². The molecule has 0 saturated carbocycles. The number of ether oxygens (including phenoxy) is 1. The number of carbonyl (C=O) groups excluding carboxylic acids is 1. The Labute approximate surface area is 102 Å². The molecule has 0 aromatic heterocycles. The zero-order chi connectivity index (χ0) is 12.1. The van der Waals surface area contributed by atoms with Crippen molar-refractivity contribution >= 4 is 23.1 Å². The van der Waals surface area contributed by atoms with Crippen LogP contribution in [0.15, 0.2) is 0 Å². The lowest BCUT2D eigenvalue weighted by atomic mass is 10.3.